The van der Waals surface area contributed by atoms with Crippen molar-refractivity contribution in [3.8, 4) is 11.5 Å². The van der Waals surface area contributed by atoms with Crippen LogP contribution in [0.5, 0.6) is 0 Å². The van der Waals surface area contributed by atoms with Crippen LogP contribution in [0.3, 0.4) is 0 Å². The smallest absolute Gasteiger partial charge is 0.276 e. The summed E-state index contributed by atoms with van der Waals surface area (Å²) in [7, 11) is 0. The van der Waals surface area contributed by atoms with Crippen LogP contribution in [0.1, 0.15) is 41.8 Å². The average Bonchev–Trinajstić information content (AvgIpc) is 3.51. The second kappa shape index (κ2) is 8.84. The topological polar surface area (TPSA) is 97.7 Å². The standard InChI is InChI=1S/C23H27N5O4/c1-23(22-24-20(32-26-22)17-5-3-2-4-6-17)7-9-28(10-8-23)21(29)19-15-18(31-25-19)16-27-11-13-30-14-12-27/h2-6,15H,7-14,16H2,1H3. The van der Waals surface area contributed by atoms with Crippen LogP contribution >= 0.6 is 0 Å². The first-order valence-corrected chi connectivity index (χ1v) is 11.1. The van der Waals surface area contributed by atoms with Gasteiger partial charge in [0.25, 0.3) is 11.8 Å². The number of ether oxygens (including phenoxy) is 1. The fourth-order valence-electron chi connectivity index (χ4n) is 4.22. The largest absolute Gasteiger partial charge is 0.379 e. The molecule has 0 N–H and O–H groups in total. The monoisotopic (exact) mass is 437 g/mol. The Balaban J connectivity index is 1.20. The van der Waals surface area contributed by atoms with Gasteiger partial charge in [-0.15, -0.1) is 0 Å². The highest BCUT2D eigenvalue weighted by atomic mass is 16.5. The summed E-state index contributed by atoms with van der Waals surface area (Å²) in [5.41, 5.74) is 1.03. The number of amides is 1. The number of carbonyl (C=O) groups excluding carboxylic acids is 1. The zero-order chi connectivity index (χ0) is 22.0. The minimum absolute atomic E-state index is 0.0953. The Hall–Kier alpha value is -3.04. The lowest BCUT2D eigenvalue weighted by Gasteiger charge is -2.36. The van der Waals surface area contributed by atoms with E-state index in [9.17, 15) is 4.79 Å². The van der Waals surface area contributed by atoms with Crippen LogP contribution in [0.2, 0.25) is 0 Å². The number of piperidine rings is 1. The summed E-state index contributed by atoms with van der Waals surface area (Å²) in [5, 5.41) is 8.27. The lowest BCUT2D eigenvalue weighted by molar-refractivity contribution is 0.0305. The van der Waals surface area contributed by atoms with Crippen molar-refractivity contribution < 1.29 is 18.6 Å². The molecule has 0 saturated carbocycles. The maximum Gasteiger partial charge on any atom is 0.276 e. The normalized spacial score (nSPS) is 19.2. The molecule has 32 heavy (non-hydrogen) atoms. The van der Waals surface area contributed by atoms with Crippen LogP contribution in [0.4, 0.5) is 0 Å². The highest BCUT2D eigenvalue weighted by molar-refractivity contribution is 5.92. The Morgan fingerprint density at radius 2 is 1.78 bits per heavy atom. The van der Waals surface area contributed by atoms with Gasteiger partial charge in [-0.3, -0.25) is 9.69 Å². The molecule has 0 spiro atoms. The van der Waals surface area contributed by atoms with Gasteiger partial charge in [-0.2, -0.15) is 4.98 Å². The predicted octanol–water partition coefficient (Wildman–Crippen LogP) is 2.75. The van der Waals surface area contributed by atoms with Crippen molar-refractivity contribution in [1.82, 2.24) is 25.1 Å². The van der Waals surface area contributed by atoms with Crippen molar-refractivity contribution >= 4 is 5.91 Å². The SMILES string of the molecule is CC1(c2noc(-c3ccccc3)n2)CCN(C(=O)c2cc(CN3CCOCC3)on2)CC1. The minimum Gasteiger partial charge on any atom is -0.379 e. The van der Waals surface area contributed by atoms with E-state index < -0.39 is 0 Å². The number of hydrogen-bond acceptors (Lipinski definition) is 8. The molecule has 2 aliphatic rings. The van der Waals surface area contributed by atoms with Crippen molar-refractivity contribution in [2.75, 3.05) is 39.4 Å². The second-order valence-electron chi connectivity index (χ2n) is 8.71. The van der Waals surface area contributed by atoms with E-state index in [1.807, 2.05) is 35.2 Å². The predicted molar refractivity (Wildman–Crippen MR) is 115 cm³/mol. The lowest BCUT2D eigenvalue weighted by Crippen LogP contribution is -2.44. The van der Waals surface area contributed by atoms with E-state index in [0.717, 1.165) is 44.7 Å². The molecule has 3 aromatic rings. The molecule has 9 heteroatoms. The highest BCUT2D eigenvalue weighted by Gasteiger charge is 2.38. The van der Waals surface area contributed by atoms with Crippen molar-refractivity contribution in [2.24, 2.45) is 0 Å². The Morgan fingerprint density at radius 1 is 1.03 bits per heavy atom. The summed E-state index contributed by atoms with van der Waals surface area (Å²) in [5.74, 6) is 1.83. The van der Waals surface area contributed by atoms with Gasteiger partial charge in [0.2, 0.25) is 0 Å². The molecule has 9 nitrogen and oxygen atoms in total. The van der Waals surface area contributed by atoms with Gasteiger partial charge in [-0.05, 0) is 25.0 Å². The van der Waals surface area contributed by atoms with Crippen LogP contribution < -0.4 is 0 Å². The summed E-state index contributed by atoms with van der Waals surface area (Å²) < 4.78 is 16.3. The highest BCUT2D eigenvalue weighted by Crippen LogP contribution is 2.34. The van der Waals surface area contributed by atoms with Crippen LogP contribution in [-0.4, -0.2) is 70.4 Å². The molecule has 1 aromatic carbocycles. The molecule has 2 aromatic heterocycles. The van der Waals surface area contributed by atoms with Crippen molar-refractivity contribution in [3.05, 3.63) is 53.7 Å². The fourth-order valence-corrected chi connectivity index (χ4v) is 4.22. The molecule has 5 rings (SSSR count). The number of carbonyl (C=O) groups is 1. The Kier molecular flexibility index (Phi) is 5.75. The molecule has 2 aliphatic heterocycles. The van der Waals surface area contributed by atoms with Gasteiger partial charge in [-0.1, -0.05) is 35.4 Å². The van der Waals surface area contributed by atoms with Gasteiger partial charge < -0.3 is 18.7 Å². The first-order valence-electron chi connectivity index (χ1n) is 11.1. The molecule has 2 fully saturated rings. The van der Waals surface area contributed by atoms with Crippen LogP contribution in [0.25, 0.3) is 11.5 Å². The quantitative estimate of drug-likeness (QED) is 0.601. The molecule has 168 valence electrons. The number of likely N-dealkylation sites (tertiary alicyclic amines) is 1. The van der Waals surface area contributed by atoms with Gasteiger partial charge in [0, 0.05) is 43.2 Å². The maximum absolute atomic E-state index is 13.0. The third-order valence-electron chi connectivity index (χ3n) is 6.40. The third-order valence-corrected chi connectivity index (χ3v) is 6.40. The summed E-state index contributed by atoms with van der Waals surface area (Å²) in [6.45, 7) is 7.15. The van der Waals surface area contributed by atoms with Gasteiger partial charge in [0.15, 0.2) is 17.3 Å². The fraction of sp³-hybridized carbons (Fsp3) is 0.478. The number of morpholine rings is 1. The maximum atomic E-state index is 13.0. The number of benzene rings is 1. The average molecular weight is 438 g/mol. The van der Waals surface area contributed by atoms with E-state index in [2.05, 4.69) is 27.1 Å². The molecule has 0 unspecified atom stereocenters. The van der Waals surface area contributed by atoms with E-state index in [1.165, 1.54) is 0 Å². The number of nitrogens with zero attached hydrogens (tertiary/aromatic N) is 5. The molecule has 4 heterocycles. The summed E-state index contributed by atoms with van der Waals surface area (Å²) in [4.78, 5) is 21.7. The number of hydrogen-bond donors (Lipinski definition) is 0. The van der Waals surface area contributed by atoms with Gasteiger partial charge >= 0.3 is 0 Å². The molecule has 0 radical (unpaired) electrons. The van der Waals surface area contributed by atoms with E-state index in [-0.39, 0.29) is 11.3 Å². The van der Waals surface area contributed by atoms with Crippen molar-refractivity contribution in [3.63, 3.8) is 0 Å². The van der Waals surface area contributed by atoms with E-state index in [1.54, 1.807) is 6.07 Å². The molecule has 1 amide bonds. The number of aromatic nitrogens is 3. The molecule has 2 saturated heterocycles. The Morgan fingerprint density at radius 3 is 2.53 bits per heavy atom. The third kappa shape index (κ3) is 4.31. The summed E-state index contributed by atoms with van der Waals surface area (Å²) in [6.07, 6.45) is 1.51. The van der Waals surface area contributed by atoms with E-state index >= 15 is 0 Å². The molecule has 0 bridgehead atoms. The first kappa shape index (κ1) is 20.8. The molecule has 0 aliphatic carbocycles. The number of rotatable bonds is 5. The molecular weight excluding hydrogens is 410 g/mol. The van der Waals surface area contributed by atoms with Crippen molar-refractivity contribution in [2.45, 2.75) is 31.7 Å². The minimum atomic E-state index is -0.237. The Bertz CT molecular complexity index is 1050. The molecule has 0 atom stereocenters. The van der Waals surface area contributed by atoms with E-state index in [0.29, 0.717) is 42.8 Å². The van der Waals surface area contributed by atoms with E-state index in [4.69, 9.17) is 13.8 Å². The second-order valence-corrected chi connectivity index (χ2v) is 8.71. The zero-order valence-corrected chi connectivity index (χ0v) is 18.2. The van der Waals surface area contributed by atoms with Crippen LogP contribution in [0.15, 0.2) is 45.4 Å². The first-order chi connectivity index (χ1) is 15.6. The van der Waals surface area contributed by atoms with Crippen LogP contribution in [0, 0.1) is 0 Å². The van der Waals surface area contributed by atoms with Crippen molar-refractivity contribution in [1.29, 1.82) is 0 Å². The van der Waals surface area contributed by atoms with Crippen LogP contribution in [-0.2, 0) is 16.7 Å². The van der Waals surface area contributed by atoms with Gasteiger partial charge in [0.1, 0.15) is 0 Å². The Labute approximate surface area is 186 Å². The lowest BCUT2D eigenvalue weighted by atomic mass is 9.79. The summed E-state index contributed by atoms with van der Waals surface area (Å²) >= 11 is 0. The summed E-state index contributed by atoms with van der Waals surface area (Å²) in [6, 6.07) is 11.5. The van der Waals surface area contributed by atoms with Gasteiger partial charge in [-0.25, -0.2) is 0 Å². The zero-order valence-electron chi connectivity index (χ0n) is 18.2. The molecular formula is C23H27N5O4. The van der Waals surface area contributed by atoms with Gasteiger partial charge in [0.05, 0.1) is 19.8 Å².